The topological polar surface area (TPSA) is 53.4 Å². The molecule has 1 N–H and O–H groups in total. The molecule has 1 saturated carbocycles. The van der Waals surface area contributed by atoms with Gasteiger partial charge in [-0.05, 0) is 31.0 Å². The molecule has 4 nitrogen and oxygen atoms in total. The van der Waals surface area contributed by atoms with Crippen molar-refractivity contribution in [2.24, 2.45) is 0 Å². The first-order valence-electron chi connectivity index (χ1n) is 7.51. The lowest BCUT2D eigenvalue weighted by Crippen LogP contribution is -2.39. The molecule has 5 heteroatoms. The van der Waals surface area contributed by atoms with Crippen LogP contribution in [0.4, 0.5) is 0 Å². The Morgan fingerprint density at radius 1 is 1.38 bits per heavy atom. The van der Waals surface area contributed by atoms with Crippen LogP contribution >= 0.6 is 11.3 Å². The van der Waals surface area contributed by atoms with E-state index in [-0.39, 0.29) is 6.54 Å². The summed E-state index contributed by atoms with van der Waals surface area (Å²) in [6.07, 6.45) is 7.76. The first-order valence-corrected chi connectivity index (χ1v) is 8.33. The van der Waals surface area contributed by atoms with Crippen LogP contribution in [0.5, 0.6) is 0 Å². The number of carboxylic acids is 1. The highest BCUT2D eigenvalue weighted by molar-refractivity contribution is 7.19. The number of rotatable bonds is 5. The van der Waals surface area contributed by atoms with Gasteiger partial charge in [0.25, 0.3) is 0 Å². The van der Waals surface area contributed by atoms with E-state index in [1.54, 1.807) is 17.5 Å². The van der Waals surface area contributed by atoms with Gasteiger partial charge in [0.2, 0.25) is 0 Å². The molecule has 2 aromatic rings. The Morgan fingerprint density at radius 2 is 2.19 bits per heavy atom. The summed E-state index contributed by atoms with van der Waals surface area (Å²) in [6.45, 7) is 0.852. The molecule has 0 spiro atoms. The van der Waals surface area contributed by atoms with E-state index in [1.165, 1.54) is 28.8 Å². The number of carboxylic acid groups (broad SMARTS) is 1. The van der Waals surface area contributed by atoms with Crippen LogP contribution in [0.25, 0.3) is 10.2 Å². The Hall–Kier alpha value is -1.46. The van der Waals surface area contributed by atoms with Gasteiger partial charge < -0.3 is 5.11 Å². The third-order valence-corrected chi connectivity index (χ3v) is 5.20. The van der Waals surface area contributed by atoms with Crippen molar-refractivity contribution in [3.8, 4) is 0 Å². The molecule has 0 amide bonds. The van der Waals surface area contributed by atoms with E-state index >= 15 is 0 Å². The van der Waals surface area contributed by atoms with Crippen LogP contribution in [-0.4, -0.2) is 33.5 Å². The average molecular weight is 304 g/mol. The van der Waals surface area contributed by atoms with Crippen molar-refractivity contribution < 1.29 is 9.90 Å². The van der Waals surface area contributed by atoms with Crippen LogP contribution in [0.3, 0.4) is 0 Å². The molecule has 1 aliphatic carbocycles. The van der Waals surface area contributed by atoms with Gasteiger partial charge in [-0.25, -0.2) is 0 Å². The van der Waals surface area contributed by atoms with Crippen LogP contribution in [-0.2, 0) is 11.3 Å². The van der Waals surface area contributed by atoms with E-state index in [0.29, 0.717) is 6.04 Å². The second kappa shape index (κ2) is 6.54. The number of carbonyl (C=O) groups is 1. The summed E-state index contributed by atoms with van der Waals surface area (Å²) in [6, 6.07) is 6.52. The molecule has 0 radical (unpaired) electrons. The molecule has 0 unspecified atom stereocenters. The molecule has 112 valence electrons. The minimum Gasteiger partial charge on any atom is -0.480 e. The lowest BCUT2D eigenvalue weighted by atomic mass is 9.94. The van der Waals surface area contributed by atoms with Crippen molar-refractivity contribution in [3.05, 3.63) is 29.3 Å². The van der Waals surface area contributed by atoms with E-state index < -0.39 is 5.97 Å². The lowest BCUT2D eigenvalue weighted by Gasteiger charge is -2.32. The number of nitrogens with zero attached hydrogens (tertiary/aromatic N) is 2. The monoisotopic (exact) mass is 304 g/mol. The Bertz CT molecular complexity index is 587. The zero-order valence-electron chi connectivity index (χ0n) is 12.0. The van der Waals surface area contributed by atoms with Crippen LogP contribution in [0, 0.1) is 0 Å². The summed E-state index contributed by atoms with van der Waals surface area (Å²) in [5.41, 5.74) is 1.01. The van der Waals surface area contributed by atoms with E-state index in [0.717, 1.165) is 24.9 Å². The molecule has 0 aliphatic heterocycles. The summed E-state index contributed by atoms with van der Waals surface area (Å²) in [7, 11) is 0. The van der Waals surface area contributed by atoms with E-state index in [4.69, 9.17) is 0 Å². The molecule has 0 saturated heterocycles. The molecule has 0 atom stereocenters. The fourth-order valence-corrected chi connectivity index (χ4v) is 4.18. The Labute approximate surface area is 128 Å². The third-order valence-electron chi connectivity index (χ3n) is 4.13. The van der Waals surface area contributed by atoms with E-state index in [2.05, 4.69) is 22.0 Å². The molecule has 1 aliphatic rings. The number of aromatic nitrogens is 1. The van der Waals surface area contributed by atoms with Crippen LogP contribution in [0.1, 0.15) is 37.0 Å². The highest BCUT2D eigenvalue weighted by Crippen LogP contribution is 2.28. The van der Waals surface area contributed by atoms with Crippen molar-refractivity contribution in [1.82, 2.24) is 9.88 Å². The summed E-state index contributed by atoms with van der Waals surface area (Å²) in [4.78, 5) is 18.9. The molecule has 2 heterocycles. The Morgan fingerprint density at radius 3 is 2.90 bits per heavy atom. The summed E-state index contributed by atoms with van der Waals surface area (Å²) in [5, 5.41) is 9.18. The minimum absolute atomic E-state index is 0.131. The quantitative estimate of drug-likeness (QED) is 0.918. The molecular weight excluding hydrogens is 284 g/mol. The maximum Gasteiger partial charge on any atom is 0.317 e. The summed E-state index contributed by atoms with van der Waals surface area (Å²) >= 11 is 1.72. The number of hydrogen-bond donors (Lipinski definition) is 1. The number of hydrogen-bond acceptors (Lipinski definition) is 4. The standard InChI is InChI=1S/C16H20N2O2S/c19-16(20)11-18(12-5-2-1-3-6-12)10-13-9-14-15(21-13)7-4-8-17-14/h4,7-9,12H,1-3,5-6,10-11H2,(H,19,20). The Kier molecular flexibility index (Phi) is 4.51. The predicted octanol–water partition coefficient (Wildman–Crippen LogP) is 3.52. The van der Waals surface area contributed by atoms with Gasteiger partial charge in [0.05, 0.1) is 16.8 Å². The van der Waals surface area contributed by atoms with Crippen molar-refractivity contribution in [2.75, 3.05) is 6.54 Å². The lowest BCUT2D eigenvalue weighted by molar-refractivity contribution is -0.139. The highest BCUT2D eigenvalue weighted by Gasteiger charge is 2.23. The predicted molar refractivity (Wildman–Crippen MR) is 84.5 cm³/mol. The highest BCUT2D eigenvalue weighted by atomic mass is 32.1. The number of pyridine rings is 1. The smallest absolute Gasteiger partial charge is 0.317 e. The molecule has 2 aromatic heterocycles. The van der Waals surface area contributed by atoms with Crippen molar-refractivity contribution in [3.63, 3.8) is 0 Å². The molecule has 1 fully saturated rings. The second-order valence-corrected chi connectivity index (χ2v) is 6.86. The number of aliphatic carboxylic acids is 1. The van der Waals surface area contributed by atoms with Crippen molar-refractivity contribution in [2.45, 2.75) is 44.7 Å². The maximum atomic E-state index is 11.2. The number of thiophene rings is 1. The number of fused-ring (bicyclic) bond motifs is 1. The van der Waals surface area contributed by atoms with Gasteiger partial charge in [-0.15, -0.1) is 11.3 Å². The van der Waals surface area contributed by atoms with Crippen molar-refractivity contribution in [1.29, 1.82) is 0 Å². The van der Waals surface area contributed by atoms with E-state index in [1.807, 2.05) is 6.07 Å². The van der Waals surface area contributed by atoms with Crippen LogP contribution < -0.4 is 0 Å². The van der Waals surface area contributed by atoms with Crippen molar-refractivity contribution >= 4 is 27.5 Å². The van der Waals surface area contributed by atoms with Crippen LogP contribution in [0.15, 0.2) is 24.4 Å². The fraction of sp³-hybridized carbons (Fsp3) is 0.500. The summed E-state index contributed by atoms with van der Waals surface area (Å²) < 4.78 is 1.17. The largest absolute Gasteiger partial charge is 0.480 e. The summed E-state index contributed by atoms with van der Waals surface area (Å²) in [5.74, 6) is -0.736. The molecule has 0 aromatic carbocycles. The average Bonchev–Trinajstić information content (AvgIpc) is 2.89. The van der Waals surface area contributed by atoms with Gasteiger partial charge in [-0.1, -0.05) is 19.3 Å². The van der Waals surface area contributed by atoms with Gasteiger partial charge in [0, 0.05) is 23.7 Å². The van der Waals surface area contributed by atoms with Crippen LogP contribution in [0.2, 0.25) is 0 Å². The first-order chi connectivity index (χ1) is 10.2. The van der Waals surface area contributed by atoms with E-state index in [9.17, 15) is 9.90 Å². The molecular formula is C16H20N2O2S. The SMILES string of the molecule is O=C(O)CN(Cc1cc2ncccc2s1)C1CCCCC1. The molecule has 0 bridgehead atoms. The normalized spacial score (nSPS) is 16.6. The zero-order valence-corrected chi connectivity index (χ0v) is 12.8. The Balaban J connectivity index is 1.77. The molecule has 21 heavy (non-hydrogen) atoms. The minimum atomic E-state index is -0.736. The first kappa shape index (κ1) is 14.5. The van der Waals surface area contributed by atoms with Gasteiger partial charge in [0.1, 0.15) is 0 Å². The fourth-order valence-electron chi connectivity index (χ4n) is 3.13. The third kappa shape index (κ3) is 3.60. The molecule has 3 rings (SSSR count). The van der Waals surface area contributed by atoms with Gasteiger partial charge in [0.15, 0.2) is 0 Å². The van der Waals surface area contributed by atoms with Gasteiger partial charge in [-0.2, -0.15) is 0 Å². The second-order valence-electron chi connectivity index (χ2n) is 5.69. The zero-order chi connectivity index (χ0) is 14.7. The van der Waals surface area contributed by atoms with Gasteiger partial charge in [-0.3, -0.25) is 14.7 Å². The van der Waals surface area contributed by atoms with Gasteiger partial charge >= 0.3 is 5.97 Å². The maximum absolute atomic E-state index is 11.2.